The maximum Gasteiger partial charge on any atom is 0.176 e. The number of rotatable bonds is 1. The van der Waals surface area contributed by atoms with Crippen molar-refractivity contribution in [1.29, 1.82) is 0 Å². The van der Waals surface area contributed by atoms with Gasteiger partial charge in [0.15, 0.2) is 5.78 Å². The van der Waals surface area contributed by atoms with Crippen molar-refractivity contribution in [2.75, 3.05) is 0 Å². The molecular formula is C7H7NO2. The zero-order valence-electron chi connectivity index (χ0n) is 5.28. The molecule has 0 aromatic rings. The van der Waals surface area contributed by atoms with Crippen LogP contribution in [-0.2, 0) is 9.59 Å². The molecule has 1 atom stereocenters. The van der Waals surface area contributed by atoms with Crippen molar-refractivity contribution in [3.8, 4) is 0 Å². The van der Waals surface area contributed by atoms with E-state index in [-0.39, 0.29) is 5.78 Å². The van der Waals surface area contributed by atoms with E-state index in [0.29, 0.717) is 11.9 Å². The molecule has 1 unspecified atom stereocenters. The summed E-state index contributed by atoms with van der Waals surface area (Å²) in [7, 11) is 0. The van der Waals surface area contributed by atoms with Crippen LogP contribution in [0.1, 0.15) is 0 Å². The number of nitrogens with two attached hydrogens (primary N) is 1. The third-order valence-electron chi connectivity index (χ3n) is 1.35. The molecule has 0 amide bonds. The molecule has 0 aromatic carbocycles. The Kier molecular flexibility index (Phi) is 1.78. The van der Waals surface area contributed by atoms with Crippen molar-refractivity contribution >= 4 is 12.1 Å². The number of aldehydes is 1. The lowest BCUT2D eigenvalue weighted by Crippen LogP contribution is -2.33. The van der Waals surface area contributed by atoms with Gasteiger partial charge in [-0.15, -0.1) is 0 Å². The molecule has 0 saturated heterocycles. The summed E-state index contributed by atoms with van der Waals surface area (Å²) in [6.07, 6.45) is 5.03. The molecule has 0 saturated carbocycles. The van der Waals surface area contributed by atoms with Crippen molar-refractivity contribution in [2.24, 2.45) is 5.73 Å². The van der Waals surface area contributed by atoms with E-state index in [1.165, 1.54) is 12.2 Å². The second-order valence-corrected chi connectivity index (χ2v) is 2.02. The maximum atomic E-state index is 10.8. The van der Waals surface area contributed by atoms with Crippen LogP contribution in [0.4, 0.5) is 0 Å². The van der Waals surface area contributed by atoms with Gasteiger partial charge in [-0.25, -0.2) is 0 Å². The lowest BCUT2D eigenvalue weighted by Gasteiger charge is -2.09. The summed E-state index contributed by atoms with van der Waals surface area (Å²) in [5.41, 5.74) is 5.67. The van der Waals surface area contributed by atoms with Crippen molar-refractivity contribution in [1.82, 2.24) is 0 Å². The molecule has 0 aliphatic heterocycles. The van der Waals surface area contributed by atoms with Gasteiger partial charge in [-0.2, -0.15) is 0 Å². The number of allylic oxidation sites excluding steroid dienone is 2. The normalized spacial score (nSPS) is 24.3. The molecule has 0 aromatic heterocycles. The largest absolute Gasteiger partial charge is 0.317 e. The van der Waals surface area contributed by atoms with E-state index in [4.69, 9.17) is 5.73 Å². The summed E-state index contributed by atoms with van der Waals surface area (Å²) in [6.45, 7) is 0. The predicted molar refractivity (Wildman–Crippen MR) is 36.3 cm³/mol. The topological polar surface area (TPSA) is 60.2 Å². The smallest absolute Gasteiger partial charge is 0.176 e. The summed E-state index contributed by atoms with van der Waals surface area (Å²) < 4.78 is 0. The first kappa shape index (κ1) is 6.89. The van der Waals surface area contributed by atoms with Crippen molar-refractivity contribution in [3.05, 3.63) is 23.8 Å². The molecule has 10 heavy (non-hydrogen) atoms. The molecular weight excluding hydrogens is 130 g/mol. The van der Waals surface area contributed by atoms with E-state index in [2.05, 4.69) is 0 Å². The van der Waals surface area contributed by atoms with Gasteiger partial charge in [-0.1, -0.05) is 12.2 Å². The highest BCUT2D eigenvalue weighted by Crippen LogP contribution is 2.04. The van der Waals surface area contributed by atoms with Gasteiger partial charge in [0.25, 0.3) is 0 Å². The van der Waals surface area contributed by atoms with Gasteiger partial charge >= 0.3 is 0 Å². The first-order valence-electron chi connectivity index (χ1n) is 2.88. The second-order valence-electron chi connectivity index (χ2n) is 2.02. The summed E-state index contributed by atoms with van der Waals surface area (Å²) >= 11 is 0. The first-order chi connectivity index (χ1) is 4.75. The fourth-order valence-corrected chi connectivity index (χ4v) is 0.738. The lowest BCUT2D eigenvalue weighted by molar-refractivity contribution is -0.116. The maximum absolute atomic E-state index is 10.8. The fourth-order valence-electron chi connectivity index (χ4n) is 0.738. The zero-order chi connectivity index (χ0) is 7.56. The predicted octanol–water partition coefficient (Wildman–Crippen LogP) is -0.422. The minimum absolute atomic E-state index is 0.218. The van der Waals surface area contributed by atoms with E-state index in [0.717, 1.165) is 0 Å². The number of carbonyl (C=O) groups excluding carboxylic acids is 2. The van der Waals surface area contributed by atoms with Crippen molar-refractivity contribution in [2.45, 2.75) is 6.04 Å². The van der Waals surface area contributed by atoms with Crippen LogP contribution in [0, 0.1) is 0 Å². The lowest BCUT2D eigenvalue weighted by atomic mass is 10.0. The van der Waals surface area contributed by atoms with Gasteiger partial charge in [-0.05, 0) is 6.08 Å². The Morgan fingerprint density at radius 1 is 1.60 bits per heavy atom. The Balaban J connectivity index is 2.91. The SMILES string of the molecule is NC1C(=O)C=CC=C1C=O. The van der Waals surface area contributed by atoms with Crippen LogP contribution in [0.3, 0.4) is 0 Å². The van der Waals surface area contributed by atoms with Crippen LogP contribution >= 0.6 is 0 Å². The summed E-state index contributed by atoms with van der Waals surface area (Å²) in [6, 6.07) is -0.748. The average molecular weight is 137 g/mol. The van der Waals surface area contributed by atoms with E-state index in [1.54, 1.807) is 6.08 Å². The van der Waals surface area contributed by atoms with Gasteiger partial charge < -0.3 is 5.73 Å². The summed E-state index contributed by atoms with van der Waals surface area (Å²) in [5.74, 6) is -0.218. The van der Waals surface area contributed by atoms with E-state index >= 15 is 0 Å². The van der Waals surface area contributed by atoms with Crippen molar-refractivity contribution in [3.63, 3.8) is 0 Å². The van der Waals surface area contributed by atoms with Crippen LogP contribution in [0.25, 0.3) is 0 Å². The van der Waals surface area contributed by atoms with Crippen LogP contribution in [0.5, 0.6) is 0 Å². The first-order valence-corrected chi connectivity index (χ1v) is 2.88. The van der Waals surface area contributed by atoms with Crippen LogP contribution in [0.2, 0.25) is 0 Å². The molecule has 0 heterocycles. The molecule has 0 bridgehead atoms. The monoisotopic (exact) mass is 137 g/mol. The van der Waals surface area contributed by atoms with E-state index < -0.39 is 6.04 Å². The Labute approximate surface area is 58.2 Å². The number of hydrogen-bond donors (Lipinski definition) is 1. The van der Waals surface area contributed by atoms with Gasteiger partial charge in [0.1, 0.15) is 6.29 Å². The standard InChI is InChI=1S/C7H7NO2/c8-7-5(4-9)2-1-3-6(7)10/h1-4,7H,8H2. The zero-order valence-corrected chi connectivity index (χ0v) is 5.28. The Morgan fingerprint density at radius 2 is 2.30 bits per heavy atom. The summed E-state index contributed by atoms with van der Waals surface area (Å²) in [4.78, 5) is 20.9. The van der Waals surface area contributed by atoms with Gasteiger partial charge in [-0.3, -0.25) is 9.59 Å². The van der Waals surface area contributed by atoms with Gasteiger partial charge in [0.05, 0.1) is 6.04 Å². The number of carbonyl (C=O) groups is 2. The van der Waals surface area contributed by atoms with E-state index in [9.17, 15) is 9.59 Å². The molecule has 3 nitrogen and oxygen atoms in total. The highest BCUT2D eigenvalue weighted by Gasteiger charge is 2.16. The highest BCUT2D eigenvalue weighted by atomic mass is 16.1. The quantitative estimate of drug-likeness (QED) is 0.499. The summed E-state index contributed by atoms with van der Waals surface area (Å²) in [5, 5.41) is 0. The minimum atomic E-state index is -0.748. The van der Waals surface area contributed by atoms with E-state index in [1.807, 2.05) is 0 Å². The van der Waals surface area contributed by atoms with Crippen LogP contribution in [0.15, 0.2) is 23.8 Å². The highest BCUT2D eigenvalue weighted by molar-refractivity contribution is 6.03. The molecule has 3 heteroatoms. The second kappa shape index (κ2) is 2.58. The molecule has 1 aliphatic rings. The average Bonchev–Trinajstić information content (AvgIpc) is 1.95. The molecule has 0 radical (unpaired) electrons. The van der Waals surface area contributed by atoms with Gasteiger partial charge in [0, 0.05) is 5.57 Å². The Bertz CT molecular complexity index is 228. The van der Waals surface area contributed by atoms with Gasteiger partial charge in [0.2, 0.25) is 0 Å². The number of ketones is 1. The fraction of sp³-hybridized carbons (Fsp3) is 0.143. The Hall–Kier alpha value is -1.22. The molecule has 0 spiro atoms. The number of hydrogen-bond acceptors (Lipinski definition) is 3. The van der Waals surface area contributed by atoms with Crippen molar-refractivity contribution < 1.29 is 9.59 Å². The Morgan fingerprint density at radius 3 is 2.80 bits per heavy atom. The molecule has 1 aliphatic carbocycles. The molecule has 1 rings (SSSR count). The third kappa shape index (κ3) is 1.04. The van der Waals surface area contributed by atoms with Crippen LogP contribution < -0.4 is 5.73 Å². The third-order valence-corrected chi connectivity index (χ3v) is 1.35. The minimum Gasteiger partial charge on any atom is -0.317 e. The van der Waals surface area contributed by atoms with Crippen LogP contribution in [-0.4, -0.2) is 18.1 Å². The molecule has 2 N–H and O–H groups in total. The molecule has 0 fully saturated rings. The molecule has 52 valence electrons.